The average molecular weight is 301 g/mol. The molecule has 0 amide bonds. The maximum absolute atomic E-state index is 4.59. The lowest BCUT2D eigenvalue weighted by atomic mass is 10.1. The summed E-state index contributed by atoms with van der Waals surface area (Å²) < 4.78 is 1.84. The number of rotatable bonds is 2. The molecule has 23 heavy (non-hydrogen) atoms. The van der Waals surface area contributed by atoms with E-state index in [4.69, 9.17) is 0 Å². The third kappa shape index (κ3) is 2.99. The largest absolute Gasteiger partial charge is 0.236 e. The SMILES string of the molecule is CC.c1ccc(-c2cnc3c(-c4ccccc4)cnn3c2)cc1. The Balaban J connectivity index is 0.000000753. The van der Waals surface area contributed by atoms with Crippen LogP contribution in [0.4, 0.5) is 0 Å². The number of aromatic nitrogens is 3. The summed E-state index contributed by atoms with van der Waals surface area (Å²) in [5.74, 6) is 0. The van der Waals surface area contributed by atoms with E-state index in [0.717, 1.165) is 27.9 Å². The predicted molar refractivity (Wildman–Crippen MR) is 95.2 cm³/mol. The van der Waals surface area contributed by atoms with Gasteiger partial charge in [-0.3, -0.25) is 0 Å². The Morgan fingerprint density at radius 2 is 1.30 bits per heavy atom. The van der Waals surface area contributed by atoms with Crippen molar-refractivity contribution in [2.75, 3.05) is 0 Å². The number of fused-ring (bicyclic) bond motifs is 1. The maximum atomic E-state index is 4.59. The number of benzene rings is 2. The van der Waals surface area contributed by atoms with Crippen molar-refractivity contribution in [2.24, 2.45) is 0 Å². The van der Waals surface area contributed by atoms with E-state index in [9.17, 15) is 0 Å². The summed E-state index contributed by atoms with van der Waals surface area (Å²) in [6.07, 6.45) is 5.79. The van der Waals surface area contributed by atoms with E-state index in [0.29, 0.717) is 0 Å². The van der Waals surface area contributed by atoms with Gasteiger partial charge in [0.25, 0.3) is 0 Å². The Morgan fingerprint density at radius 1 is 0.696 bits per heavy atom. The summed E-state index contributed by atoms with van der Waals surface area (Å²) in [5, 5.41) is 4.44. The zero-order valence-corrected chi connectivity index (χ0v) is 13.3. The molecule has 0 saturated carbocycles. The van der Waals surface area contributed by atoms with Gasteiger partial charge < -0.3 is 0 Å². The lowest BCUT2D eigenvalue weighted by Crippen LogP contribution is -1.91. The molecule has 0 radical (unpaired) electrons. The first kappa shape index (κ1) is 15.0. The third-order valence-corrected chi connectivity index (χ3v) is 3.55. The van der Waals surface area contributed by atoms with Crippen molar-refractivity contribution in [2.45, 2.75) is 13.8 Å². The Bertz CT molecular complexity index is 881. The van der Waals surface area contributed by atoms with Crippen LogP contribution >= 0.6 is 0 Å². The topological polar surface area (TPSA) is 30.2 Å². The van der Waals surface area contributed by atoms with Crippen LogP contribution in [0.25, 0.3) is 27.9 Å². The summed E-state index contributed by atoms with van der Waals surface area (Å²) >= 11 is 0. The second-order valence-electron chi connectivity index (χ2n) is 4.90. The van der Waals surface area contributed by atoms with Gasteiger partial charge in [0.2, 0.25) is 0 Å². The molecule has 0 aliphatic heterocycles. The van der Waals surface area contributed by atoms with Gasteiger partial charge >= 0.3 is 0 Å². The van der Waals surface area contributed by atoms with Gasteiger partial charge in [-0.25, -0.2) is 9.50 Å². The normalized spacial score (nSPS) is 10.2. The van der Waals surface area contributed by atoms with Gasteiger partial charge in [0.05, 0.1) is 6.20 Å². The molecular weight excluding hydrogens is 282 g/mol. The highest BCUT2D eigenvalue weighted by Crippen LogP contribution is 2.25. The minimum absolute atomic E-state index is 0.876. The minimum Gasteiger partial charge on any atom is -0.236 e. The standard InChI is InChI=1S/C18H13N3.C2H6/c1-3-7-14(8-4-1)16-11-19-18-17(12-20-21(18)13-16)15-9-5-2-6-10-15;1-2/h1-13H;1-2H3. The minimum atomic E-state index is 0.876. The molecule has 2 aromatic heterocycles. The molecule has 114 valence electrons. The quantitative estimate of drug-likeness (QED) is 0.516. The molecule has 3 nitrogen and oxygen atoms in total. The van der Waals surface area contributed by atoms with Crippen LogP contribution in [0.5, 0.6) is 0 Å². The van der Waals surface area contributed by atoms with Crippen molar-refractivity contribution < 1.29 is 0 Å². The molecule has 0 spiro atoms. The van der Waals surface area contributed by atoms with Crippen molar-refractivity contribution in [3.8, 4) is 22.3 Å². The molecule has 0 saturated heterocycles. The Labute approximate surface area is 136 Å². The van der Waals surface area contributed by atoms with Crippen LogP contribution in [0.2, 0.25) is 0 Å². The molecule has 2 heterocycles. The van der Waals surface area contributed by atoms with Gasteiger partial charge in [0.15, 0.2) is 5.65 Å². The summed E-state index contributed by atoms with van der Waals surface area (Å²) in [5.41, 5.74) is 5.26. The van der Waals surface area contributed by atoms with Gasteiger partial charge in [-0.05, 0) is 11.1 Å². The van der Waals surface area contributed by atoms with Crippen LogP contribution in [0.15, 0.2) is 79.3 Å². The number of nitrogens with zero attached hydrogens (tertiary/aromatic N) is 3. The second kappa shape index (κ2) is 6.88. The van der Waals surface area contributed by atoms with Crippen molar-refractivity contribution in [3.63, 3.8) is 0 Å². The van der Waals surface area contributed by atoms with Crippen molar-refractivity contribution in [3.05, 3.63) is 79.3 Å². The van der Waals surface area contributed by atoms with Crippen molar-refractivity contribution in [1.29, 1.82) is 0 Å². The third-order valence-electron chi connectivity index (χ3n) is 3.55. The van der Waals surface area contributed by atoms with Gasteiger partial charge in [0.1, 0.15) is 0 Å². The zero-order valence-electron chi connectivity index (χ0n) is 13.3. The summed E-state index contributed by atoms with van der Waals surface area (Å²) in [7, 11) is 0. The molecule has 0 bridgehead atoms. The van der Waals surface area contributed by atoms with E-state index in [1.54, 1.807) is 0 Å². The molecule has 4 rings (SSSR count). The lowest BCUT2D eigenvalue weighted by molar-refractivity contribution is 0.941. The molecule has 4 aromatic rings. The molecule has 0 atom stereocenters. The van der Waals surface area contributed by atoms with Crippen LogP contribution in [0.3, 0.4) is 0 Å². The monoisotopic (exact) mass is 301 g/mol. The average Bonchev–Trinajstić information content (AvgIpc) is 3.08. The van der Waals surface area contributed by atoms with E-state index >= 15 is 0 Å². The highest BCUT2D eigenvalue weighted by Gasteiger charge is 2.08. The van der Waals surface area contributed by atoms with Crippen LogP contribution < -0.4 is 0 Å². The lowest BCUT2D eigenvalue weighted by Gasteiger charge is -2.02. The molecule has 0 aliphatic carbocycles. The highest BCUT2D eigenvalue weighted by atomic mass is 15.2. The molecule has 0 unspecified atom stereocenters. The van der Waals surface area contributed by atoms with E-state index in [1.807, 2.05) is 73.4 Å². The van der Waals surface area contributed by atoms with Crippen LogP contribution in [0.1, 0.15) is 13.8 Å². The van der Waals surface area contributed by atoms with E-state index < -0.39 is 0 Å². The summed E-state index contributed by atoms with van der Waals surface area (Å²) in [6.45, 7) is 4.00. The first-order valence-electron chi connectivity index (χ1n) is 7.86. The van der Waals surface area contributed by atoms with Gasteiger partial charge in [-0.15, -0.1) is 0 Å². The van der Waals surface area contributed by atoms with E-state index in [1.165, 1.54) is 0 Å². The fourth-order valence-corrected chi connectivity index (χ4v) is 2.48. The molecule has 0 fully saturated rings. The van der Waals surface area contributed by atoms with Gasteiger partial charge in [-0.2, -0.15) is 5.10 Å². The van der Waals surface area contributed by atoms with Crippen LogP contribution in [-0.4, -0.2) is 14.6 Å². The number of hydrogen-bond acceptors (Lipinski definition) is 2. The van der Waals surface area contributed by atoms with Gasteiger partial charge in [-0.1, -0.05) is 74.5 Å². The molecule has 0 aliphatic rings. The first-order chi connectivity index (χ1) is 11.4. The predicted octanol–water partition coefficient (Wildman–Crippen LogP) is 5.09. The molecule has 0 N–H and O–H groups in total. The number of hydrogen-bond donors (Lipinski definition) is 0. The fraction of sp³-hybridized carbons (Fsp3) is 0.100. The van der Waals surface area contributed by atoms with Crippen molar-refractivity contribution >= 4 is 5.65 Å². The van der Waals surface area contributed by atoms with Crippen LogP contribution in [-0.2, 0) is 0 Å². The second-order valence-corrected chi connectivity index (χ2v) is 4.90. The van der Waals surface area contributed by atoms with E-state index in [2.05, 4.69) is 34.3 Å². The Kier molecular flexibility index (Phi) is 4.48. The maximum Gasteiger partial charge on any atom is 0.162 e. The summed E-state index contributed by atoms with van der Waals surface area (Å²) in [4.78, 5) is 4.59. The molecule has 3 heteroatoms. The van der Waals surface area contributed by atoms with Crippen LogP contribution in [0, 0.1) is 0 Å². The smallest absolute Gasteiger partial charge is 0.162 e. The first-order valence-corrected chi connectivity index (χ1v) is 7.86. The Morgan fingerprint density at radius 3 is 1.96 bits per heavy atom. The summed E-state index contributed by atoms with van der Waals surface area (Å²) in [6, 6.07) is 20.4. The molecular formula is C20H19N3. The highest BCUT2D eigenvalue weighted by molar-refractivity contribution is 5.77. The van der Waals surface area contributed by atoms with Gasteiger partial charge in [0, 0.05) is 23.5 Å². The fourth-order valence-electron chi connectivity index (χ4n) is 2.48. The molecule has 2 aromatic carbocycles. The van der Waals surface area contributed by atoms with Crippen molar-refractivity contribution in [1.82, 2.24) is 14.6 Å². The Hall–Kier alpha value is -2.94. The van der Waals surface area contributed by atoms with E-state index in [-0.39, 0.29) is 0 Å². The zero-order chi connectivity index (χ0) is 16.1.